The van der Waals surface area contributed by atoms with Crippen molar-refractivity contribution in [1.82, 2.24) is 9.97 Å². The lowest BCUT2D eigenvalue weighted by Crippen LogP contribution is -1.98. The molecule has 28 heavy (non-hydrogen) atoms. The molecule has 4 heteroatoms. The maximum absolute atomic E-state index is 6.21. The summed E-state index contributed by atoms with van der Waals surface area (Å²) in [5.74, 6) is 2.39. The number of hydrogen-bond acceptors (Lipinski definition) is 4. The summed E-state index contributed by atoms with van der Waals surface area (Å²) in [4.78, 5) is 9.39. The first-order chi connectivity index (χ1) is 13.8. The van der Waals surface area contributed by atoms with E-state index in [9.17, 15) is 0 Å². The molecule has 0 saturated heterocycles. The molecule has 0 spiro atoms. The lowest BCUT2D eigenvalue weighted by molar-refractivity contribution is 0.375. The van der Waals surface area contributed by atoms with Gasteiger partial charge in [-0.1, -0.05) is 54.6 Å². The number of allylic oxidation sites excluding steroid dienone is 1. The van der Waals surface area contributed by atoms with Crippen molar-refractivity contribution in [2.75, 3.05) is 7.11 Å². The highest BCUT2D eigenvalue weighted by molar-refractivity contribution is 5.85. The summed E-state index contributed by atoms with van der Waals surface area (Å²) >= 11 is 0. The van der Waals surface area contributed by atoms with Crippen molar-refractivity contribution >= 4 is 10.9 Å². The Morgan fingerprint density at radius 2 is 1.68 bits per heavy atom. The molecule has 0 unspecified atom stereocenters. The molecular weight excluding hydrogens is 348 g/mol. The van der Waals surface area contributed by atoms with Crippen LogP contribution in [-0.4, -0.2) is 17.1 Å². The summed E-state index contributed by atoms with van der Waals surface area (Å²) in [6, 6.07) is 23.6. The predicted molar refractivity (Wildman–Crippen MR) is 112 cm³/mol. The van der Waals surface area contributed by atoms with Gasteiger partial charge in [-0.05, 0) is 36.2 Å². The lowest BCUT2D eigenvalue weighted by Gasteiger charge is -2.13. The van der Waals surface area contributed by atoms with Crippen LogP contribution in [-0.2, 0) is 6.42 Å². The van der Waals surface area contributed by atoms with Crippen LogP contribution >= 0.6 is 0 Å². The van der Waals surface area contributed by atoms with Crippen molar-refractivity contribution in [3.05, 3.63) is 91.0 Å². The normalized spacial score (nSPS) is 10.6. The minimum absolute atomic E-state index is 0.499. The van der Waals surface area contributed by atoms with Crippen LogP contribution in [0.15, 0.2) is 85.5 Å². The third kappa shape index (κ3) is 3.58. The van der Waals surface area contributed by atoms with Crippen LogP contribution in [0.3, 0.4) is 0 Å². The van der Waals surface area contributed by atoms with Crippen molar-refractivity contribution in [1.29, 1.82) is 0 Å². The Morgan fingerprint density at radius 3 is 2.46 bits per heavy atom. The van der Waals surface area contributed by atoms with Gasteiger partial charge < -0.3 is 9.47 Å². The molecule has 0 N–H and O–H groups in total. The average Bonchev–Trinajstić information content (AvgIpc) is 2.75. The van der Waals surface area contributed by atoms with Gasteiger partial charge in [-0.3, -0.25) is 0 Å². The zero-order valence-electron chi connectivity index (χ0n) is 15.6. The maximum atomic E-state index is 6.21. The summed E-state index contributed by atoms with van der Waals surface area (Å²) in [6.07, 6.45) is 2.63. The Balaban J connectivity index is 1.81. The number of rotatable bonds is 6. The molecule has 0 bridgehead atoms. The van der Waals surface area contributed by atoms with E-state index in [1.807, 2.05) is 78.9 Å². The number of para-hydroxylation sites is 1. The smallest absolute Gasteiger partial charge is 0.230 e. The van der Waals surface area contributed by atoms with E-state index in [0.29, 0.717) is 23.2 Å². The lowest BCUT2D eigenvalue weighted by atomic mass is 10.1. The second kappa shape index (κ2) is 7.92. The zero-order chi connectivity index (χ0) is 19.3. The van der Waals surface area contributed by atoms with Gasteiger partial charge in [0.2, 0.25) is 5.88 Å². The van der Waals surface area contributed by atoms with E-state index in [4.69, 9.17) is 19.4 Å². The van der Waals surface area contributed by atoms with E-state index in [0.717, 1.165) is 28.5 Å². The summed E-state index contributed by atoms with van der Waals surface area (Å²) in [7, 11) is 1.63. The Morgan fingerprint density at radius 1 is 0.893 bits per heavy atom. The Kier molecular flexibility index (Phi) is 5.02. The molecule has 0 aliphatic carbocycles. The molecule has 0 aliphatic rings. The van der Waals surface area contributed by atoms with Crippen molar-refractivity contribution in [2.24, 2.45) is 0 Å². The van der Waals surface area contributed by atoms with E-state index >= 15 is 0 Å². The molecule has 0 atom stereocenters. The van der Waals surface area contributed by atoms with Crippen LogP contribution in [0.1, 0.15) is 5.56 Å². The molecule has 1 heterocycles. The van der Waals surface area contributed by atoms with Gasteiger partial charge in [0.05, 0.1) is 18.0 Å². The molecule has 0 radical (unpaired) electrons. The molecule has 0 fully saturated rings. The van der Waals surface area contributed by atoms with Crippen LogP contribution in [0, 0.1) is 0 Å². The minimum Gasteiger partial charge on any atom is -0.493 e. The number of methoxy groups -OCH3 is 1. The number of hydrogen-bond donors (Lipinski definition) is 0. The van der Waals surface area contributed by atoms with Crippen LogP contribution in [0.2, 0.25) is 0 Å². The highest BCUT2D eigenvalue weighted by Crippen LogP contribution is 2.35. The van der Waals surface area contributed by atoms with Gasteiger partial charge in [-0.25, -0.2) is 4.98 Å². The molecule has 138 valence electrons. The van der Waals surface area contributed by atoms with Gasteiger partial charge in [0.25, 0.3) is 0 Å². The van der Waals surface area contributed by atoms with Crippen LogP contribution in [0.5, 0.6) is 17.4 Å². The number of benzene rings is 3. The number of fused-ring (bicyclic) bond motifs is 1. The standard InChI is InChI=1S/C24H20N2O2/c1-3-9-17-14-15-21(22(16-17)27-2)28-24-19-12-7-8-13-20(19)25-23(26-24)18-10-5-4-6-11-18/h3-8,10-16H,1,9H2,2H3. The molecule has 0 amide bonds. The first-order valence-electron chi connectivity index (χ1n) is 9.06. The van der Waals surface area contributed by atoms with Gasteiger partial charge in [0.1, 0.15) is 0 Å². The monoisotopic (exact) mass is 368 g/mol. The fraction of sp³-hybridized carbons (Fsp3) is 0.0833. The fourth-order valence-corrected chi connectivity index (χ4v) is 3.04. The SMILES string of the molecule is C=CCc1ccc(Oc2nc(-c3ccccc3)nc3ccccc23)c(OC)c1. The molecule has 4 nitrogen and oxygen atoms in total. The summed E-state index contributed by atoms with van der Waals surface area (Å²) in [5, 5.41) is 0.847. The predicted octanol–water partition coefficient (Wildman–Crippen LogP) is 5.83. The number of aromatic nitrogens is 2. The Bertz CT molecular complexity index is 1120. The second-order valence-corrected chi connectivity index (χ2v) is 6.32. The number of nitrogens with zero attached hydrogens (tertiary/aromatic N) is 2. The van der Waals surface area contributed by atoms with Crippen molar-refractivity contribution < 1.29 is 9.47 Å². The van der Waals surface area contributed by atoms with Gasteiger partial charge >= 0.3 is 0 Å². The van der Waals surface area contributed by atoms with Crippen molar-refractivity contribution in [3.63, 3.8) is 0 Å². The van der Waals surface area contributed by atoms with Crippen molar-refractivity contribution in [3.8, 4) is 28.8 Å². The van der Waals surface area contributed by atoms with Crippen molar-refractivity contribution in [2.45, 2.75) is 6.42 Å². The third-order valence-corrected chi connectivity index (χ3v) is 4.41. The molecule has 0 aliphatic heterocycles. The van der Waals surface area contributed by atoms with E-state index < -0.39 is 0 Å². The average molecular weight is 368 g/mol. The topological polar surface area (TPSA) is 44.2 Å². The molecular formula is C24H20N2O2. The van der Waals surface area contributed by atoms with E-state index in [2.05, 4.69) is 6.58 Å². The highest BCUT2D eigenvalue weighted by atomic mass is 16.5. The second-order valence-electron chi connectivity index (χ2n) is 6.32. The number of ether oxygens (including phenoxy) is 2. The largest absolute Gasteiger partial charge is 0.493 e. The summed E-state index contributed by atoms with van der Waals surface area (Å²) in [5.41, 5.74) is 2.87. The first kappa shape index (κ1) is 17.7. The van der Waals surface area contributed by atoms with Gasteiger partial charge in [-0.15, -0.1) is 6.58 Å². The van der Waals surface area contributed by atoms with Crippen LogP contribution < -0.4 is 9.47 Å². The van der Waals surface area contributed by atoms with E-state index in [1.54, 1.807) is 7.11 Å². The highest BCUT2D eigenvalue weighted by Gasteiger charge is 2.14. The van der Waals surface area contributed by atoms with Crippen LogP contribution in [0.25, 0.3) is 22.3 Å². The summed E-state index contributed by atoms with van der Waals surface area (Å²) < 4.78 is 11.7. The Hall–Kier alpha value is -3.66. The van der Waals surface area contributed by atoms with Gasteiger partial charge in [0.15, 0.2) is 17.3 Å². The quantitative estimate of drug-likeness (QED) is 0.402. The zero-order valence-corrected chi connectivity index (χ0v) is 15.6. The van der Waals surface area contributed by atoms with E-state index in [1.165, 1.54) is 0 Å². The molecule has 3 aromatic carbocycles. The minimum atomic E-state index is 0.499. The fourth-order valence-electron chi connectivity index (χ4n) is 3.04. The molecule has 0 saturated carbocycles. The van der Waals surface area contributed by atoms with Gasteiger partial charge in [-0.2, -0.15) is 4.98 Å². The van der Waals surface area contributed by atoms with Gasteiger partial charge in [0, 0.05) is 5.56 Å². The molecule has 4 aromatic rings. The third-order valence-electron chi connectivity index (χ3n) is 4.41. The summed E-state index contributed by atoms with van der Waals surface area (Å²) in [6.45, 7) is 3.79. The van der Waals surface area contributed by atoms with E-state index in [-0.39, 0.29) is 0 Å². The maximum Gasteiger partial charge on any atom is 0.230 e. The Labute approximate surface area is 164 Å². The van der Waals surface area contributed by atoms with Crippen LogP contribution in [0.4, 0.5) is 0 Å². The molecule has 4 rings (SSSR count). The first-order valence-corrected chi connectivity index (χ1v) is 9.06. The molecule has 1 aromatic heterocycles.